The van der Waals surface area contributed by atoms with Gasteiger partial charge in [0.05, 0.1) is 10.6 Å². The van der Waals surface area contributed by atoms with Crippen LogP contribution in [0.2, 0.25) is 0 Å². The first kappa shape index (κ1) is 14.1. The second-order valence-corrected chi connectivity index (χ2v) is 4.67. The molecule has 8 heteroatoms. The maximum atomic E-state index is 10.7. The van der Waals surface area contributed by atoms with Gasteiger partial charge in [-0.2, -0.15) is 0 Å². The largest absolute Gasteiger partial charge is 0.398 e. The molecule has 0 radical (unpaired) electrons. The Kier molecular flexibility index (Phi) is 4.78. The average molecular weight is 270 g/mol. The van der Waals surface area contributed by atoms with Gasteiger partial charge in [-0.25, -0.2) is 0 Å². The number of anilines is 2. The number of carbonyl (C=O) groups excluding carboxylic acids is 1. The lowest BCUT2D eigenvalue weighted by Gasteiger charge is -2.07. The topological polar surface area (TPSA) is 124 Å². The van der Waals surface area contributed by atoms with E-state index in [9.17, 15) is 14.9 Å². The molecule has 1 aromatic rings. The number of nitrogens with one attached hydrogen (secondary N) is 1. The zero-order valence-corrected chi connectivity index (χ0v) is 10.6. The van der Waals surface area contributed by atoms with Crippen molar-refractivity contribution in [2.24, 2.45) is 0 Å². The summed E-state index contributed by atoms with van der Waals surface area (Å²) >= 11 is 1.38. The summed E-state index contributed by atoms with van der Waals surface area (Å²) < 4.78 is 0. The van der Waals surface area contributed by atoms with Crippen molar-refractivity contribution >= 4 is 34.7 Å². The van der Waals surface area contributed by atoms with Crippen molar-refractivity contribution in [3.63, 3.8) is 0 Å². The van der Waals surface area contributed by atoms with Crippen LogP contribution < -0.4 is 16.8 Å². The number of nitrogens with two attached hydrogens (primary N) is 2. The molecular weight excluding hydrogens is 256 g/mol. The highest BCUT2D eigenvalue weighted by Gasteiger charge is 2.14. The van der Waals surface area contributed by atoms with E-state index in [1.54, 1.807) is 0 Å². The number of amides is 1. The molecule has 98 valence electrons. The van der Waals surface area contributed by atoms with Crippen LogP contribution in [0.1, 0.15) is 6.92 Å². The molecule has 0 saturated carbocycles. The summed E-state index contributed by atoms with van der Waals surface area (Å²) in [4.78, 5) is 21.4. The van der Waals surface area contributed by atoms with Crippen molar-refractivity contribution in [3.8, 4) is 0 Å². The van der Waals surface area contributed by atoms with Crippen molar-refractivity contribution in [1.29, 1.82) is 0 Å². The van der Waals surface area contributed by atoms with Crippen LogP contribution in [0, 0.1) is 10.1 Å². The summed E-state index contributed by atoms with van der Waals surface area (Å²) in [5.74, 6) is 0.507. The lowest BCUT2D eigenvalue weighted by atomic mass is 10.2. The number of nitro benzene ring substituents is 1. The van der Waals surface area contributed by atoms with Crippen LogP contribution in [-0.4, -0.2) is 23.1 Å². The van der Waals surface area contributed by atoms with Gasteiger partial charge in [-0.1, -0.05) is 0 Å². The number of hydrogen-bond acceptors (Lipinski definition) is 6. The molecule has 1 aromatic carbocycles. The smallest absolute Gasteiger partial charge is 0.294 e. The Morgan fingerprint density at radius 1 is 1.44 bits per heavy atom. The fraction of sp³-hybridized carbons (Fsp3) is 0.300. The van der Waals surface area contributed by atoms with E-state index in [0.29, 0.717) is 22.9 Å². The van der Waals surface area contributed by atoms with Gasteiger partial charge in [0.1, 0.15) is 5.69 Å². The third kappa shape index (κ3) is 3.81. The van der Waals surface area contributed by atoms with E-state index < -0.39 is 4.92 Å². The predicted octanol–water partition coefficient (Wildman–Crippen LogP) is 0.987. The van der Waals surface area contributed by atoms with Crippen LogP contribution in [0.25, 0.3) is 0 Å². The highest BCUT2D eigenvalue weighted by atomic mass is 32.2. The number of thioether (sulfide) groups is 1. The van der Waals surface area contributed by atoms with Gasteiger partial charge in [0.15, 0.2) is 0 Å². The fourth-order valence-corrected chi connectivity index (χ4v) is 2.13. The van der Waals surface area contributed by atoms with Gasteiger partial charge >= 0.3 is 0 Å². The Balaban J connectivity index is 2.70. The third-order valence-corrected chi connectivity index (χ3v) is 3.16. The summed E-state index contributed by atoms with van der Waals surface area (Å²) in [7, 11) is 0. The zero-order chi connectivity index (χ0) is 13.7. The van der Waals surface area contributed by atoms with Crippen LogP contribution in [0.3, 0.4) is 0 Å². The molecule has 0 saturated heterocycles. The van der Waals surface area contributed by atoms with E-state index in [-0.39, 0.29) is 17.3 Å². The molecular formula is C10H14N4O3S. The summed E-state index contributed by atoms with van der Waals surface area (Å²) in [6.07, 6.45) is 0. The molecule has 1 amide bonds. The minimum atomic E-state index is -0.572. The summed E-state index contributed by atoms with van der Waals surface area (Å²) in [5.41, 5.74) is 11.5. The van der Waals surface area contributed by atoms with E-state index in [0.717, 1.165) is 0 Å². The minimum absolute atomic E-state index is 0.0798. The van der Waals surface area contributed by atoms with Gasteiger partial charge in [0.25, 0.3) is 5.69 Å². The van der Waals surface area contributed by atoms with Crippen LogP contribution >= 0.6 is 11.8 Å². The second-order valence-electron chi connectivity index (χ2n) is 3.54. The summed E-state index contributed by atoms with van der Waals surface area (Å²) in [5, 5.41) is 13.3. The van der Waals surface area contributed by atoms with Gasteiger partial charge in [0.2, 0.25) is 5.91 Å². The Morgan fingerprint density at radius 2 is 2.11 bits per heavy atom. The number of benzene rings is 1. The standard InChI is InChI=1S/C10H14N4O3S/c1-6(15)13-2-3-18-10-5-7(11)9(14(16)17)4-8(10)12/h4-5H,2-3,11-12H2,1H3,(H,13,15). The van der Waals surface area contributed by atoms with Crippen molar-refractivity contribution < 1.29 is 9.72 Å². The number of nitrogen functional groups attached to an aromatic ring is 2. The Bertz CT molecular complexity index is 478. The molecule has 0 fully saturated rings. The molecule has 0 aliphatic rings. The van der Waals surface area contributed by atoms with Crippen LogP contribution in [0.4, 0.5) is 17.1 Å². The number of carbonyl (C=O) groups is 1. The summed E-state index contributed by atoms with van der Waals surface area (Å²) in [6.45, 7) is 1.93. The first-order valence-electron chi connectivity index (χ1n) is 5.12. The van der Waals surface area contributed by atoms with Gasteiger partial charge in [0, 0.05) is 30.2 Å². The predicted molar refractivity (Wildman–Crippen MR) is 71.3 cm³/mol. The lowest BCUT2D eigenvalue weighted by Crippen LogP contribution is -2.22. The maximum absolute atomic E-state index is 10.7. The normalized spacial score (nSPS) is 10.1. The quantitative estimate of drug-likeness (QED) is 0.241. The van der Waals surface area contributed by atoms with Gasteiger partial charge in [-0.05, 0) is 6.07 Å². The molecule has 5 N–H and O–H groups in total. The number of nitrogens with zero attached hydrogens (tertiary/aromatic N) is 1. The number of hydrogen-bond donors (Lipinski definition) is 3. The zero-order valence-electron chi connectivity index (χ0n) is 9.80. The first-order chi connectivity index (χ1) is 8.41. The summed E-state index contributed by atoms with van der Waals surface area (Å²) in [6, 6.07) is 2.72. The molecule has 0 aromatic heterocycles. The lowest BCUT2D eigenvalue weighted by molar-refractivity contribution is -0.383. The monoisotopic (exact) mass is 270 g/mol. The number of rotatable bonds is 5. The molecule has 18 heavy (non-hydrogen) atoms. The van der Waals surface area contributed by atoms with Crippen molar-refractivity contribution in [1.82, 2.24) is 5.32 Å². The second kappa shape index (κ2) is 6.10. The van der Waals surface area contributed by atoms with E-state index in [4.69, 9.17) is 11.5 Å². The fourth-order valence-electron chi connectivity index (χ4n) is 1.27. The Labute approximate surface area is 108 Å². The molecule has 0 atom stereocenters. The first-order valence-corrected chi connectivity index (χ1v) is 6.11. The highest BCUT2D eigenvalue weighted by Crippen LogP contribution is 2.33. The van der Waals surface area contributed by atoms with E-state index in [2.05, 4.69) is 5.32 Å². The van der Waals surface area contributed by atoms with Crippen molar-refractivity contribution in [3.05, 3.63) is 22.2 Å². The minimum Gasteiger partial charge on any atom is -0.398 e. The molecule has 0 aliphatic heterocycles. The van der Waals surface area contributed by atoms with Gasteiger partial charge in [-0.15, -0.1) is 11.8 Å². The molecule has 1 rings (SSSR count). The molecule has 7 nitrogen and oxygen atoms in total. The van der Waals surface area contributed by atoms with Gasteiger partial charge in [-0.3, -0.25) is 14.9 Å². The highest BCUT2D eigenvalue weighted by molar-refractivity contribution is 7.99. The SMILES string of the molecule is CC(=O)NCCSc1cc(N)c([N+](=O)[O-])cc1N. The molecule has 0 heterocycles. The van der Waals surface area contributed by atoms with E-state index in [1.165, 1.54) is 30.8 Å². The molecule has 0 spiro atoms. The number of nitro groups is 1. The van der Waals surface area contributed by atoms with Gasteiger partial charge < -0.3 is 16.8 Å². The van der Waals surface area contributed by atoms with Crippen LogP contribution in [0.15, 0.2) is 17.0 Å². The Hall–Kier alpha value is -1.96. The van der Waals surface area contributed by atoms with Crippen LogP contribution in [0.5, 0.6) is 0 Å². The molecule has 0 unspecified atom stereocenters. The molecule has 0 aliphatic carbocycles. The molecule has 0 bridgehead atoms. The van der Waals surface area contributed by atoms with E-state index >= 15 is 0 Å². The van der Waals surface area contributed by atoms with Crippen LogP contribution in [-0.2, 0) is 4.79 Å². The van der Waals surface area contributed by atoms with Crippen molar-refractivity contribution in [2.45, 2.75) is 11.8 Å². The van der Waals surface area contributed by atoms with E-state index in [1.807, 2.05) is 0 Å². The third-order valence-electron chi connectivity index (χ3n) is 2.09. The average Bonchev–Trinajstić information content (AvgIpc) is 2.27. The maximum Gasteiger partial charge on any atom is 0.294 e. The Morgan fingerprint density at radius 3 is 2.67 bits per heavy atom. The van der Waals surface area contributed by atoms with Crippen molar-refractivity contribution in [2.75, 3.05) is 23.8 Å².